The molecule has 15 heteroatoms. The number of nitrogens with zero attached hydrogens (tertiary/aromatic N) is 1. The Bertz CT molecular complexity index is 1980. The van der Waals surface area contributed by atoms with Gasteiger partial charge in [0.2, 0.25) is 11.8 Å². The second-order valence-corrected chi connectivity index (χ2v) is 14.6. The van der Waals surface area contributed by atoms with E-state index in [2.05, 4.69) is 20.9 Å². The summed E-state index contributed by atoms with van der Waals surface area (Å²) >= 11 is 0. The molecule has 0 aliphatic carbocycles. The van der Waals surface area contributed by atoms with E-state index in [-0.39, 0.29) is 68.9 Å². The van der Waals surface area contributed by atoms with Gasteiger partial charge in [-0.15, -0.1) is 0 Å². The normalized spacial score (nSPS) is 16.2. The van der Waals surface area contributed by atoms with E-state index >= 15 is 0 Å². The highest BCUT2D eigenvalue weighted by Crippen LogP contribution is 2.42. The number of carboxylic acids is 1. The van der Waals surface area contributed by atoms with Gasteiger partial charge in [0.25, 0.3) is 5.91 Å². The molecule has 56 heavy (non-hydrogen) atoms. The first kappa shape index (κ1) is 41.2. The van der Waals surface area contributed by atoms with Crippen molar-refractivity contribution in [3.63, 3.8) is 0 Å². The molecule has 15 nitrogen and oxygen atoms in total. The van der Waals surface area contributed by atoms with Gasteiger partial charge in [0, 0.05) is 29.7 Å². The lowest BCUT2D eigenvalue weighted by Crippen LogP contribution is -2.56. The molecule has 4 atom stereocenters. The SMILES string of the molecule is Cc1cc2c(cc1C)C(=O)C[C@H](c1cc(C(=O)N[C@H](Cc3ccccc3)C(=O)N[C@@H](CC(C)C)C(=O)N[C@H](CCCN=C(N)N)C(=O)O)cc3c1OCOC3)O2. The molecule has 5 rings (SSSR count). The number of fused-ring (bicyclic) bond motifs is 2. The number of hydrogen-bond acceptors (Lipinski definition) is 9. The van der Waals surface area contributed by atoms with Gasteiger partial charge in [-0.1, -0.05) is 44.2 Å². The molecule has 0 spiro atoms. The summed E-state index contributed by atoms with van der Waals surface area (Å²) in [5.74, 6) is -2.54. The van der Waals surface area contributed by atoms with Crippen molar-refractivity contribution in [1.82, 2.24) is 16.0 Å². The Morgan fingerprint density at radius 2 is 1.62 bits per heavy atom. The summed E-state index contributed by atoms with van der Waals surface area (Å²) in [4.78, 5) is 71.0. The minimum absolute atomic E-state index is 0.0171. The third-order valence-corrected chi connectivity index (χ3v) is 9.69. The fourth-order valence-corrected chi connectivity index (χ4v) is 6.68. The molecule has 2 aliphatic heterocycles. The van der Waals surface area contributed by atoms with Crippen molar-refractivity contribution in [3.8, 4) is 11.5 Å². The summed E-state index contributed by atoms with van der Waals surface area (Å²) in [5, 5.41) is 18.0. The molecule has 3 aromatic rings. The van der Waals surface area contributed by atoms with Crippen molar-refractivity contribution >= 4 is 35.4 Å². The Labute approximate surface area is 325 Å². The number of rotatable bonds is 16. The van der Waals surface area contributed by atoms with Crippen LogP contribution in [0, 0.1) is 19.8 Å². The molecule has 0 fully saturated rings. The summed E-state index contributed by atoms with van der Waals surface area (Å²) in [6, 6.07) is 12.4. The van der Waals surface area contributed by atoms with Gasteiger partial charge in [-0.2, -0.15) is 0 Å². The number of carbonyl (C=O) groups is 5. The van der Waals surface area contributed by atoms with Gasteiger partial charge >= 0.3 is 5.97 Å². The minimum atomic E-state index is -1.25. The number of benzene rings is 3. The van der Waals surface area contributed by atoms with Gasteiger partial charge in [0.15, 0.2) is 18.5 Å². The molecule has 0 unspecified atom stereocenters. The maximum Gasteiger partial charge on any atom is 0.326 e. The zero-order chi connectivity index (χ0) is 40.5. The molecule has 0 saturated carbocycles. The molecule has 3 amide bonds. The summed E-state index contributed by atoms with van der Waals surface area (Å²) in [5.41, 5.74) is 15.2. The van der Waals surface area contributed by atoms with E-state index in [1.807, 2.05) is 70.2 Å². The zero-order valence-corrected chi connectivity index (χ0v) is 32.1. The Balaban J connectivity index is 1.40. The molecule has 8 N–H and O–H groups in total. The van der Waals surface area contributed by atoms with Gasteiger partial charge in [-0.05, 0) is 80.0 Å². The summed E-state index contributed by atoms with van der Waals surface area (Å²) < 4.78 is 17.8. The standard InChI is InChI=1S/C41H50N6O9/c1-22(2)13-31(38(50)45-30(40(52)53)11-8-12-44-41(42)43)47-39(51)32(16-25-9-6-5-7-10-25)46-37(49)26-17-27-20-54-21-55-36(27)29(18-26)35-19-33(48)28-14-23(3)24(4)15-34(28)56-35/h5-7,9-10,14-15,17-18,22,30-32,35H,8,11-13,16,19-21H2,1-4H3,(H,45,50)(H,46,49)(H,47,51)(H,52,53)(H4,42,43,44)/t30-,31+,32-,35-/m1/s1. The Hall–Kier alpha value is -5.96. The number of aliphatic imine (C=N–C) groups is 1. The number of guanidine groups is 1. The molecular formula is C41H50N6O9. The first-order valence-corrected chi connectivity index (χ1v) is 18.6. The molecule has 2 heterocycles. The lowest BCUT2D eigenvalue weighted by molar-refractivity contribution is -0.142. The van der Waals surface area contributed by atoms with Crippen LogP contribution in [0.3, 0.4) is 0 Å². The Morgan fingerprint density at radius 1 is 0.929 bits per heavy atom. The quantitative estimate of drug-likeness (QED) is 0.0702. The summed E-state index contributed by atoms with van der Waals surface area (Å²) in [7, 11) is 0. The minimum Gasteiger partial charge on any atom is -0.484 e. The molecule has 0 bridgehead atoms. The van der Waals surface area contributed by atoms with Crippen LogP contribution in [0.5, 0.6) is 11.5 Å². The van der Waals surface area contributed by atoms with Crippen LogP contribution in [0.25, 0.3) is 0 Å². The molecular weight excluding hydrogens is 720 g/mol. The zero-order valence-electron chi connectivity index (χ0n) is 32.1. The van der Waals surface area contributed by atoms with Gasteiger partial charge < -0.3 is 46.7 Å². The van der Waals surface area contributed by atoms with Crippen LogP contribution in [0.1, 0.15) is 94.2 Å². The van der Waals surface area contributed by atoms with Crippen molar-refractivity contribution in [2.24, 2.45) is 22.4 Å². The number of amides is 3. The number of ether oxygens (including phenoxy) is 3. The first-order chi connectivity index (χ1) is 26.7. The average Bonchev–Trinajstić information content (AvgIpc) is 3.15. The second kappa shape index (κ2) is 18.6. The van der Waals surface area contributed by atoms with Crippen LogP contribution < -0.4 is 36.9 Å². The predicted molar refractivity (Wildman–Crippen MR) is 207 cm³/mol. The van der Waals surface area contributed by atoms with Gasteiger partial charge in [-0.25, -0.2) is 4.79 Å². The highest BCUT2D eigenvalue weighted by Gasteiger charge is 2.34. The number of nitrogens with one attached hydrogen (secondary N) is 3. The molecule has 3 aromatic carbocycles. The lowest BCUT2D eigenvalue weighted by atomic mass is 9.91. The van der Waals surface area contributed by atoms with Crippen molar-refractivity contribution in [3.05, 3.63) is 93.5 Å². The number of nitrogens with two attached hydrogens (primary N) is 2. The van der Waals surface area contributed by atoms with Crippen molar-refractivity contribution in [2.75, 3.05) is 13.3 Å². The van der Waals surface area contributed by atoms with Crippen LogP contribution >= 0.6 is 0 Å². The Morgan fingerprint density at radius 3 is 2.32 bits per heavy atom. The molecule has 298 valence electrons. The van der Waals surface area contributed by atoms with Crippen molar-refractivity contribution in [2.45, 2.75) is 90.6 Å². The van der Waals surface area contributed by atoms with Crippen molar-refractivity contribution in [1.29, 1.82) is 0 Å². The Kier molecular flexibility index (Phi) is 13.7. The van der Waals surface area contributed by atoms with E-state index in [0.29, 0.717) is 34.6 Å². The molecule has 0 radical (unpaired) electrons. The van der Waals surface area contributed by atoms with Gasteiger partial charge in [0.1, 0.15) is 35.7 Å². The number of ketones is 1. The number of carbonyl (C=O) groups excluding carboxylic acids is 4. The summed E-state index contributed by atoms with van der Waals surface area (Å²) in [6.07, 6.45) is -0.111. The third-order valence-electron chi connectivity index (χ3n) is 9.69. The monoisotopic (exact) mass is 770 g/mol. The topological polar surface area (TPSA) is 234 Å². The van der Waals surface area contributed by atoms with E-state index in [0.717, 1.165) is 16.7 Å². The van der Waals surface area contributed by atoms with Crippen LogP contribution in [0.4, 0.5) is 0 Å². The van der Waals surface area contributed by atoms with Crippen LogP contribution in [-0.4, -0.2) is 72.0 Å². The number of carboxylic acid groups (broad SMARTS) is 1. The number of aryl methyl sites for hydroxylation is 2. The lowest BCUT2D eigenvalue weighted by Gasteiger charge is -2.30. The smallest absolute Gasteiger partial charge is 0.326 e. The number of aliphatic carboxylic acids is 1. The maximum atomic E-state index is 14.2. The fraction of sp³-hybridized carbons (Fsp3) is 0.415. The molecule has 2 aliphatic rings. The van der Waals surface area contributed by atoms with Crippen LogP contribution in [0.15, 0.2) is 59.6 Å². The van der Waals surface area contributed by atoms with E-state index < -0.39 is 47.9 Å². The van der Waals surface area contributed by atoms with Gasteiger partial charge in [-0.3, -0.25) is 24.2 Å². The summed E-state index contributed by atoms with van der Waals surface area (Å²) in [6.45, 7) is 7.91. The van der Waals surface area contributed by atoms with E-state index in [1.165, 1.54) is 0 Å². The largest absolute Gasteiger partial charge is 0.484 e. The number of hydrogen-bond donors (Lipinski definition) is 6. The van der Waals surface area contributed by atoms with E-state index in [4.69, 9.17) is 25.7 Å². The molecule has 0 aromatic heterocycles. The maximum absolute atomic E-state index is 14.2. The van der Waals surface area contributed by atoms with E-state index in [9.17, 15) is 29.1 Å². The van der Waals surface area contributed by atoms with Crippen LogP contribution in [-0.2, 0) is 32.1 Å². The first-order valence-electron chi connectivity index (χ1n) is 18.6. The average molecular weight is 771 g/mol. The van der Waals surface area contributed by atoms with Crippen LogP contribution in [0.2, 0.25) is 0 Å². The fourth-order valence-electron chi connectivity index (χ4n) is 6.68. The number of Topliss-reactive ketones (excluding diaryl/α,β-unsaturated/α-hetero) is 1. The third kappa shape index (κ3) is 10.6. The highest BCUT2D eigenvalue weighted by atomic mass is 16.7. The van der Waals surface area contributed by atoms with Gasteiger partial charge in [0.05, 0.1) is 18.6 Å². The van der Waals surface area contributed by atoms with Crippen molar-refractivity contribution < 1.29 is 43.3 Å². The second-order valence-electron chi connectivity index (χ2n) is 14.6. The highest BCUT2D eigenvalue weighted by molar-refractivity contribution is 6.01. The predicted octanol–water partition coefficient (Wildman–Crippen LogP) is 3.37. The van der Waals surface area contributed by atoms with E-state index in [1.54, 1.807) is 12.1 Å². The molecule has 0 saturated heterocycles.